The highest BCUT2D eigenvalue weighted by atomic mass is 16.5. The quantitative estimate of drug-likeness (QED) is 0.795. The first-order valence-corrected chi connectivity index (χ1v) is 6.61. The second kappa shape index (κ2) is 6.05. The van der Waals surface area contributed by atoms with Gasteiger partial charge >= 0.3 is 5.97 Å². The monoisotopic (exact) mass is 292 g/mol. The van der Waals surface area contributed by atoms with Gasteiger partial charge in [-0.15, -0.1) is 0 Å². The Hall–Kier alpha value is -3.21. The minimum Gasteiger partial charge on any atom is -0.478 e. The van der Waals surface area contributed by atoms with E-state index >= 15 is 0 Å². The molecule has 1 heterocycles. The molecule has 22 heavy (non-hydrogen) atoms. The lowest BCUT2D eigenvalue weighted by Gasteiger charge is -2.08. The molecule has 3 rings (SSSR count). The van der Waals surface area contributed by atoms with Crippen LogP contribution in [0.3, 0.4) is 0 Å². The molecule has 3 aromatic rings. The molecule has 0 bridgehead atoms. The van der Waals surface area contributed by atoms with Gasteiger partial charge in [0.2, 0.25) is 5.88 Å². The number of aromatic nitrogens is 2. The molecule has 2 aromatic carbocycles. The Kier molecular flexibility index (Phi) is 3.78. The third kappa shape index (κ3) is 2.93. The minimum absolute atomic E-state index is 0.0855. The maximum absolute atomic E-state index is 11.2. The fourth-order valence-electron chi connectivity index (χ4n) is 2.01. The van der Waals surface area contributed by atoms with Gasteiger partial charge in [-0.2, -0.15) is 0 Å². The maximum Gasteiger partial charge on any atom is 0.339 e. The third-order valence-corrected chi connectivity index (χ3v) is 3.04. The summed E-state index contributed by atoms with van der Waals surface area (Å²) in [6, 6.07) is 17.7. The first-order valence-electron chi connectivity index (χ1n) is 6.61. The van der Waals surface area contributed by atoms with Gasteiger partial charge < -0.3 is 9.84 Å². The van der Waals surface area contributed by atoms with E-state index in [9.17, 15) is 4.79 Å². The van der Waals surface area contributed by atoms with E-state index in [-0.39, 0.29) is 11.3 Å². The molecule has 0 aliphatic carbocycles. The van der Waals surface area contributed by atoms with Gasteiger partial charge in [-0.05, 0) is 12.1 Å². The van der Waals surface area contributed by atoms with Crippen molar-refractivity contribution in [3.8, 4) is 22.9 Å². The number of ether oxygens (including phenoxy) is 1. The van der Waals surface area contributed by atoms with Crippen molar-refractivity contribution in [1.82, 2.24) is 9.97 Å². The van der Waals surface area contributed by atoms with Crippen LogP contribution in [0.2, 0.25) is 0 Å². The van der Waals surface area contributed by atoms with Crippen molar-refractivity contribution in [2.45, 2.75) is 0 Å². The standard InChI is InChI=1S/C17H12N2O3/c20-17(21)13-8-4-5-9-15(13)22-16-10-14(18-11-19-16)12-6-2-1-3-7-12/h1-11H,(H,20,21). The number of para-hydroxylation sites is 1. The summed E-state index contributed by atoms with van der Waals surface area (Å²) in [6.45, 7) is 0. The van der Waals surface area contributed by atoms with Gasteiger partial charge in [0.1, 0.15) is 17.6 Å². The summed E-state index contributed by atoms with van der Waals surface area (Å²) in [5.41, 5.74) is 1.72. The zero-order chi connectivity index (χ0) is 15.4. The van der Waals surface area contributed by atoms with Crippen LogP contribution in [0.1, 0.15) is 10.4 Å². The van der Waals surface area contributed by atoms with Crippen LogP contribution in [0, 0.1) is 0 Å². The molecule has 0 amide bonds. The smallest absolute Gasteiger partial charge is 0.339 e. The number of carbonyl (C=O) groups is 1. The largest absolute Gasteiger partial charge is 0.478 e. The Balaban J connectivity index is 1.93. The summed E-state index contributed by atoms with van der Waals surface area (Å²) in [5, 5.41) is 9.16. The topological polar surface area (TPSA) is 72.3 Å². The number of hydrogen-bond donors (Lipinski definition) is 1. The second-order valence-electron chi connectivity index (χ2n) is 4.51. The van der Waals surface area contributed by atoms with Crippen molar-refractivity contribution in [1.29, 1.82) is 0 Å². The molecule has 1 aromatic heterocycles. The first kappa shape index (κ1) is 13.8. The van der Waals surface area contributed by atoms with Crippen molar-refractivity contribution in [3.63, 3.8) is 0 Å². The molecule has 0 fully saturated rings. The number of nitrogens with zero attached hydrogens (tertiary/aromatic N) is 2. The minimum atomic E-state index is -1.05. The van der Waals surface area contributed by atoms with Gasteiger partial charge in [0.05, 0.1) is 5.69 Å². The molecule has 1 N–H and O–H groups in total. The average molecular weight is 292 g/mol. The van der Waals surface area contributed by atoms with Crippen LogP contribution in [0.25, 0.3) is 11.3 Å². The van der Waals surface area contributed by atoms with Crippen LogP contribution in [-0.2, 0) is 0 Å². The third-order valence-electron chi connectivity index (χ3n) is 3.04. The molecule has 108 valence electrons. The zero-order valence-corrected chi connectivity index (χ0v) is 11.5. The van der Waals surface area contributed by atoms with Gasteiger partial charge in [0, 0.05) is 11.6 Å². The lowest BCUT2D eigenvalue weighted by molar-refractivity contribution is 0.0694. The molecule has 0 spiro atoms. The predicted octanol–water partition coefficient (Wildman–Crippen LogP) is 3.63. The van der Waals surface area contributed by atoms with E-state index in [0.717, 1.165) is 5.56 Å². The van der Waals surface area contributed by atoms with Gasteiger partial charge in [0.25, 0.3) is 0 Å². The number of carboxylic acid groups (broad SMARTS) is 1. The van der Waals surface area contributed by atoms with E-state index in [1.54, 1.807) is 24.3 Å². The number of benzene rings is 2. The van der Waals surface area contributed by atoms with Gasteiger partial charge in [-0.3, -0.25) is 0 Å². The molecule has 0 atom stereocenters. The lowest BCUT2D eigenvalue weighted by Crippen LogP contribution is -2.00. The highest BCUT2D eigenvalue weighted by molar-refractivity contribution is 5.90. The number of hydrogen-bond acceptors (Lipinski definition) is 4. The highest BCUT2D eigenvalue weighted by Gasteiger charge is 2.12. The van der Waals surface area contributed by atoms with Gasteiger partial charge in [0.15, 0.2) is 0 Å². The Labute approximate surface area is 126 Å². The molecule has 0 unspecified atom stereocenters. The Morgan fingerprint density at radius 1 is 0.955 bits per heavy atom. The summed E-state index contributed by atoms with van der Waals surface area (Å²) in [6.07, 6.45) is 1.39. The van der Waals surface area contributed by atoms with Crippen molar-refractivity contribution in [3.05, 3.63) is 72.6 Å². The van der Waals surface area contributed by atoms with E-state index in [4.69, 9.17) is 9.84 Å². The fraction of sp³-hybridized carbons (Fsp3) is 0. The summed E-state index contributed by atoms with van der Waals surface area (Å²) in [7, 11) is 0. The number of aromatic carboxylic acids is 1. The Bertz CT molecular complexity index is 804. The van der Waals surface area contributed by atoms with E-state index in [1.165, 1.54) is 12.4 Å². The van der Waals surface area contributed by atoms with Crippen molar-refractivity contribution >= 4 is 5.97 Å². The molecule has 5 nitrogen and oxygen atoms in total. The normalized spacial score (nSPS) is 10.2. The van der Waals surface area contributed by atoms with Crippen molar-refractivity contribution in [2.24, 2.45) is 0 Å². The van der Waals surface area contributed by atoms with E-state index in [2.05, 4.69) is 9.97 Å². The van der Waals surface area contributed by atoms with Crippen molar-refractivity contribution < 1.29 is 14.6 Å². The zero-order valence-electron chi connectivity index (χ0n) is 11.5. The maximum atomic E-state index is 11.2. The van der Waals surface area contributed by atoms with Gasteiger partial charge in [-0.1, -0.05) is 42.5 Å². The van der Waals surface area contributed by atoms with Crippen LogP contribution >= 0.6 is 0 Å². The number of rotatable bonds is 4. The van der Waals surface area contributed by atoms with Crippen LogP contribution in [0.4, 0.5) is 0 Å². The Morgan fingerprint density at radius 2 is 1.68 bits per heavy atom. The summed E-state index contributed by atoms with van der Waals surface area (Å²) >= 11 is 0. The average Bonchev–Trinajstić information content (AvgIpc) is 2.56. The van der Waals surface area contributed by atoms with Crippen molar-refractivity contribution in [2.75, 3.05) is 0 Å². The van der Waals surface area contributed by atoms with Crippen LogP contribution in [-0.4, -0.2) is 21.0 Å². The van der Waals surface area contributed by atoms with E-state index < -0.39 is 5.97 Å². The SMILES string of the molecule is O=C(O)c1ccccc1Oc1cc(-c2ccccc2)ncn1. The molecule has 0 aliphatic heterocycles. The fourth-order valence-corrected chi connectivity index (χ4v) is 2.01. The summed E-state index contributed by atoms with van der Waals surface area (Å²) < 4.78 is 5.60. The predicted molar refractivity (Wildman–Crippen MR) is 80.9 cm³/mol. The lowest BCUT2D eigenvalue weighted by atomic mass is 10.1. The molecule has 0 saturated heterocycles. The molecule has 0 saturated carbocycles. The molecular formula is C17H12N2O3. The molecule has 0 aliphatic rings. The van der Waals surface area contributed by atoms with Crippen LogP contribution < -0.4 is 4.74 Å². The molecule has 5 heteroatoms. The molecule has 0 radical (unpaired) electrons. The summed E-state index contributed by atoms with van der Waals surface area (Å²) in [4.78, 5) is 19.4. The van der Waals surface area contributed by atoms with Crippen LogP contribution in [0.5, 0.6) is 11.6 Å². The van der Waals surface area contributed by atoms with E-state index in [1.807, 2.05) is 30.3 Å². The van der Waals surface area contributed by atoms with Gasteiger partial charge in [-0.25, -0.2) is 14.8 Å². The number of carboxylic acids is 1. The van der Waals surface area contributed by atoms with Crippen LogP contribution in [0.15, 0.2) is 67.0 Å². The molecular weight excluding hydrogens is 280 g/mol. The first-order chi connectivity index (χ1) is 10.7. The summed E-state index contributed by atoms with van der Waals surface area (Å²) in [5.74, 6) is -0.511. The Morgan fingerprint density at radius 3 is 2.45 bits per heavy atom. The van der Waals surface area contributed by atoms with E-state index in [0.29, 0.717) is 11.6 Å². The highest BCUT2D eigenvalue weighted by Crippen LogP contribution is 2.26. The second-order valence-corrected chi connectivity index (χ2v) is 4.51.